The van der Waals surface area contributed by atoms with Crippen LogP contribution in [0.5, 0.6) is 0 Å². The van der Waals surface area contributed by atoms with Crippen LogP contribution in [0.2, 0.25) is 0 Å². The molecule has 5 heteroatoms. The number of nitrogens with two attached hydrogens (primary N) is 1. The van der Waals surface area contributed by atoms with Gasteiger partial charge in [-0.05, 0) is 38.6 Å². The number of anilines is 2. The molecule has 0 aromatic carbocycles. The van der Waals surface area contributed by atoms with Crippen molar-refractivity contribution in [1.29, 1.82) is 0 Å². The van der Waals surface area contributed by atoms with Crippen LogP contribution in [0.3, 0.4) is 0 Å². The third-order valence-electron chi connectivity index (χ3n) is 4.40. The Labute approximate surface area is 108 Å². The molecule has 1 aromatic rings. The van der Waals surface area contributed by atoms with Crippen LogP contribution in [-0.2, 0) is 6.42 Å². The number of nitrogens with zero attached hydrogens (tertiary/aromatic N) is 2. The van der Waals surface area contributed by atoms with Crippen molar-refractivity contribution in [3.8, 4) is 0 Å². The molecule has 4 N–H and O–H groups in total. The lowest BCUT2D eigenvalue weighted by molar-refractivity contribution is 0.292. The number of nitrogen functional groups attached to an aromatic ring is 1. The van der Waals surface area contributed by atoms with Gasteiger partial charge in [0.1, 0.15) is 0 Å². The Morgan fingerprint density at radius 3 is 3.06 bits per heavy atom. The fourth-order valence-electron chi connectivity index (χ4n) is 3.44. The average Bonchev–Trinajstić information content (AvgIpc) is 2.95. The lowest BCUT2D eigenvalue weighted by Gasteiger charge is -2.27. The van der Waals surface area contributed by atoms with Gasteiger partial charge in [-0.3, -0.25) is 4.68 Å². The van der Waals surface area contributed by atoms with Crippen molar-refractivity contribution in [2.45, 2.75) is 38.1 Å². The van der Waals surface area contributed by atoms with E-state index < -0.39 is 0 Å². The van der Waals surface area contributed by atoms with E-state index in [0.717, 1.165) is 36.9 Å². The van der Waals surface area contributed by atoms with Gasteiger partial charge in [-0.25, -0.2) is 0 Å². The summed E-state index contributed by atoms with van der Waals surface area (Å²) in [7, 11) is 1.95. The van der Waals surface area contributed by atoms with Gasteiger partial charge in [0.05, 0.1) is 17.4 Å². The van der Waals surface area contributed by atoms with Gasteiger partial charge in [-0.2, -0.15) is 5.10 Å². The van der Waals surface area contributed by atoms with E-state index in [4.69, 9.17) is 10.8 Å². The molecule has 1 saturated carbocycles. The van der Waals surface area contributed by atoms with E-state index in [-0.39, 0.29) is 0 Å². The molecule has 2 unspecified atom stereocenters. The number of rotatable bonds is 4. The smallest absolute Gasteiger partial charge is 0.171 e. The molecule has 0 radical (unpaired) electrons. The number of fused-ring (bicyclic) bond motifs is 3. The second-order valence-corrected chi connectivity index (χ2v) is 5.48. The van der Waals surface area contributed by atoms with Crippen molar-refractivity contribution in [3.63, 3.8) is 0 Å². The Morgan fingerprint density at radius 2 is 2.22 bits per heavy atom. The Hall–Kier alpha value is -1.23. The lowest BCUT2D eigenvalue weighted by Crippen LogP contribution is -2.24. The zero-order chi connectivity index (χ0) is 12.5. The average molecular weight is 249 g/mol. The molecule has 100 valence electrons. The molecule has 2 aliphatic rings. The minimum absolute atomic E-state index is 0.607. The van der Waals surface area contributed by atoms with E-state index in [1.54, 1.807) is 0 Å². The molecular formula is C13H23N5. The first-order chi connectivity index (χ1) is 8.81. The molecule has 1 fully saturated rings. The molecular weight excluding hydrogens is 226 g/mol. The SMILES string of the molecule is CNCCNc1nn2c(c1N)CCC1CCCC12. The minimum atomic E-state index is 0.607. The van der Waals surface area contributed by atoms with Gasteiger partial charge in [0, 0.05) is 13.1 Å². The summed E-state index contributed by atoms with van der Waals surface area (Å²) in [5, 5.41) is 11.2. The summed E-state index contributed by atoms with van der Waals surface area (Å²) in [4.78, 5) is 0. The molecule has 0 amide bonds. The summed E-state index contributed by atoms with van der Waals surface area (Å²) >= 11 is 0. The maximum absolute atomic E-state index is 6.22. The number of hydrogen-bond acceptors (Lipinski definition) is 4. The van der Waals surface area contributed by atoms with Gasteiger partial charge in [-0.15, -0.1) is 0 Å². The highest BCUT2D eigenvalue weighted by Gasteiger charge is 2.35. The largest absolute Gasteiger partial charge is 0.394 e. The summed E-state index contributed by atoms with van der Waals surface area (Å²) in [6, 6.07) is 0.607. The summed E-state index contributed by atoms with van der Waals surface area (Å²) in [5.74, 6) is 1.72. The van der Waals surface area contributed by atoms with Crippen LogP contribution < -0.4 is 16.4 Å². The molecule has 3 rings (SSSR count). The van der Waals surface area contributed by atoms with Crippen LogP contribution in [0, 0.1) is 5.92 Å². The zero-order valence-electron chi connectivity index (χ0n) is 11.1. The Morgan fingerprint density at radius 1 is 1.33 bits per heavy atom. The summed E-state index contributed by atoms with van der Waals surface area (Å²) in [5.41, 5.74) is 8.35. The van der Waals surface area contributed by atoms with Crippen molar-refractivity contribution in [2.24, 2.45) is 5.92 Å². The fraction of sp³-hybridized carbons (Fsp3) is 0.769. The van der Waals surface area contributed by atoms with Crippen LogP contribution in [-0.4, -0.2) is 29.9 Å². The van der Waals surface area contributed by atoms with E-state index in [9.17, 15) is 0 Å². The Bertz CT molecular complexity index is 425. The van der Waals surface area contributed by atoms with Gasteiger partial charge in [0.15, 0.2) is 5.82 Å². The highest BCUT2D eigenvalue weighted by atomic mass is 15.4. The highest BCUT2D eigenvalue weighted by Crippen LogP contribution is 2.44. The molecule has 2 atom stereocenters. The van der Waals surface area contributed by atoms with Crippen LogP contribution >= 0.6 is 0 Å². The Balaban J connectivity index is 1.82. The van der Waals surface area contributed by atoms with Crippen LogP contribution in [0.25, 0.3) is 0 Å². The third kappa shape index (κ3) is 1.86. The van der Waals surface area contributed by atoms with Crippen molar-refractivity contribution in [2.75, 3.05) is 31.2 Å². The van der Waals surface area contributed by atoms with E-state index >= 15 is 0 Å². The van der Waals surface area contributed by atoms with E-state index in [1.165, 1.54) is 31.4 Å². The molecule has 0 spiro atoms. The quantitative estimate of drug-likeness (QED) is 0.705. The molecule has 1 aliphatic heterocycles. The van der Waals surface area contributed by atoms with Crippen molar-refractivity contribution in [1.82, 2.24) is 15.1 Å². The molecule has 0 saturated heterocycles. The molecule has 2 heterocycles. The summed E-state index contributed by atoms with van der Waals surface area (Å²) in [6.45, 7) is 1.79. The number of hydrogen-bond donors (Lipinski definition) is 3. The van der Waals surface area contributed by atoms with E-state index in [2.05, 4.69) is 15.3 Å². The van der Waals surface area contributed by atoms with Crippen LogP contribution in [0.4, 0.5) is 11.5 Å². The van der Waals surface area contributed by atoms with Crippen molar-refractivity contribution >= 4 is 11.5 Å². The highest BCUT2D eigenvalue weighted by molar-refractivity contribution is 5.65. The van der Waals surface area contributed by atoms with Gasteiger partial charge >= 0.3 is 0 Å². The number of likely N-dealkylation sites (N-methyl/N-ethyl adjacent to an activating group) is 1. The molecule has 18 heavy (non-hydrogen) atoms. The standard InChI is InChI=1S/C13H23N5/c1-15-7-8-16-13-12(14)11-6-5-9-3-2-4-10(9)18(11)17-13/h9-10,15H,2-8,14H2,1H3,(H,16,17). The maximum atomic E-state index is 6.22. The molecule has 0 bridgehead atoms. The predicted molar refractivity (Wildman–Crippen MR) is 73.8 cm³/mol. The van der Waals surface area contributed by atoms with Crippen LogP contribution in [0.1, 0.15) is 37.4 Å². The predicted octanol–water partition coefficient (Wildman–Crippen LogP) is 1.38. The third-order valence-corrected chi connectivity index (χ3v) is 4.40. The maximum Gasteiger partial charge on any atom is 0.171 e. The second-order valence-electron chi connectivity index (χ2n) is 5.48. The van der Waals surface area contributed by atoms with Crippen LogP contribution in [0.15, 0.2) is 0 Å². The molecule has 1 aromatic heterocycles. The first kappa shape index (κ1) is 11.8. The topological polar surface area (TPSA) is 67.9 Å². The minimum Gasteiger partial charge on any atom is -0.394 e. The lowest BCUT2D eigenvalue weighted by atomic mass is 9.92. The first-order valence-corrected chi connectivity index (χ1v) is 7.06. The van der Waals surface area contributed by atoms with E-state index in [1.807, 2.05) is 7.05 Å². The monoisotopic (exact) mass is 249 g/mol. The summed E-state index contributed by atoms with van der Waals surface area (Å²) < 4.78 is 2.22. The first-order valence-electron chi connectivity index (χ1n) is 7.06. The second kappa shape index (κ2) is 4.80. The normalized spacial score (nSPS) is 25.8. The van der Waals surface area contributed by atoms with Gasteiger partial charge in [0.25, 0.3) is 0 Å². The molecule has 1 aliphatic carbocycles. The molecule has 5 nitrogen and oxygen atoms in total. The van der Waals surface area contributed by atoms with Gasteiger partial charge in [-0.1, -0.05) is 6.42 Å². The van der Waals surface area contributed by atoms with E-state index in [0.29, 0.717) is 6.04 Å². The Kier molecular flexibility index (Phi) is 3.16. The van der Waals surface area contributed by atoms with Gasteiger partial charge in [0.2, 0.25) is 0 Å². The van der Waals surface area contributed by atoms with Crippen molar-refractivity contribution in [3.05, 3.63) is 5.69 Å². The zero-order valence-corrected chi connectivity index (χ0v) is 11.1. The summed E-state index contributed by atoms with van der Waals surface area (Å²) in [6.07, 6.45) is 6.36. The van der Waals surface area contributed by atoms with Gasteiger partial charge < -0.3 is 16.4 Å². The fourth-order valence-corrected chi connectivity index (χ4v) is 3.44. The number of nitrogens with one attached hydrogen (secondary N) is 2. The number of aromatic nitrogens is 2. The van der Waals surface area contributed by atoms with Crippen molar-refractivity contribution < 1.29 is 0 Å².